The van der Waals surface area contributed by atoms with Gasteiger partial charge in [-0.15, -0.1) is 0 Å². The number of benzene rings is 1. The van der Waals surface area contributed by atoms with Crippen molar-refractivity contribution in [1.82, 2.24) is 0 Å². The van der Waals surface area contributed by atoms with E-state index in [4.69, 9.17) is 4.74 Å². The lowest BCUT2D eigenvalue weighted by Crippen LogP contribution is -2.04. The van der Waals surface area contributed by atoms with Crippen LogP contribution in [-0.4, -0.2) is 12.6 Å². The van der Waals surface area contributed by atoms with Crippen LogP contribution in [0.4, 0.5) is 0 Å². The molecular formula is C17H26O2. The summed E-state index contributed by atoms with van der Waals surface area (Å²) in [6.07, 6.45) is 4.71. The lowest BCUT2D eigenvalue weighted by Gasteiger charge is -2.13. The Bertz CT molecular complexity index is 363. The molecule has 0 heterocycles. The standard InChI is InChI=1S/C17H26O2/c1-4-15(5-2)16-12-10-14(11-13-16)8-7-9-17(18)19-6-3/h10-13,15H,4-9H2,1-3H3. The van der Waals surface area contributed by atoms with Crippen LogP contribution in [-0.2, 0) is 16.0 Å². The average molecular weight is 262 g/mol. The molecule has 0 aliphatic carbocycles. The van der Waals surface area contributed by atoms with Gasteiger partial charge in [0.05, 0.1) is 6.61 Å². The van der Waals surface area contributed by atoms with Gasteiger partial charge >= 0.3 is 5.97 Å². The van der Waals surface area contributed by atoms with Crippen molar-refractivity contribution in [2.75, 3.05) is 6.61 Å². The molecule has 1 aromatic rings. The van der Waals surface area contributed by atoms with E-state index in [1.807, 2.05) is 6.92 Å². The minimum absolute atomic E-state index is 0.0869. The molecule has 0 unspecified atom stereocenters. The van der Waals surface area contributed by atoms with Crippen molar-refractivity contribution in [3.05, 3.63) is 35.4 Å². The second kappa shape index (κ2) is 8.73. The smallest absolute Gasteiger partial charge is 0.305 e. The molecule has 0 aromatic heterocycles. The van der Waals surface area contributed by atoms with Crippen LogP contribution < -0.4 is 0 Å². The zero-order valence-corrected chi connectivity index (χ0v) is 12.4. The fourth-order valence-corrected chi connectivity index (χ4v) is 2.39. The van der Waals surface area contributed by atoms with E-state index in [0.29, 0.717) is 18.9 Å². The first kappa shape index (κ1) is 15.7. The zero-order chi connectivity index (χ0) is 14.1. The molecule has 1 aromatic carbocycles. The Morgan fingerprint density at radius 3 is 2.26 bits per heavy atom. The van der Waals surface area contributed by atoms with Gasteiger partial charge in [0, 0.05) is 6.42 Å². The van der Waals surface area contributed by atoms with Crippen LogP contribution in [0.5, 0.6) is 0 Å². The van der Waals surface area contributed by atoms with E-state index in [2.05, 4.69) is 38.1 Å². The third-order valence-corrected chi connectivity index (χ3v) is 3.59. The summed E-state index contributed by atoms with van der Waals surface area (Å²) in [5.74, 6) is 0.588. The molecule has 2 nitrogen and oxygen atoms in total. The topological polar surface area (TPSA) is 26.3 Å². The van der Waals surface area contributed by atoms with Crippen molar-refractivity contribution < 1.29 is 9.53 Å². The number of hydrogen-bond donors (Lipinski definition) is 0. The molecule has 0 atom stereocenters. The summed E-state index contributed by atoms with van der Waals surface area (Å²) >= 11 is 0. The van der Waals surface area contributed by atoms with Gasteiger partial charge in [-0.1, -0.05) is 38.1 Å². The summed E-state index contributed by atoms with van der Waals surface area (Å²) in [5, 5.41) is 0. The van der Waals surface area contributed by atoms with Crippen LogP contribution in [0.1, 0.15) is 63.5 Å². The van der Waals surface area contributed by atoms with Crippen molar-refractivity contribution in [3.8, 4) is 0 Å². The molecule has 19 heavy (non-hydrogen) atoms. The summed E-state index contributed by atoms with van der Waals surface area (Å²) in [5.41, 5.74) is 2.73. The highest BCUT2D eigenvalue weighted by Crippen LogP contribution is 2.23. The Balaban J connectivity index is 2.42. The quantitative estimate of drug-likeness (QED) is 0.646. The van der Waals surface area contributed by atoms with Gasteiger partial charge in [-0.2, -0.15) is 0 Å². The number of esters is 1. The van der Waals surface area contributed by atoms with Crippen molar-refractivity contribution in [1.29, 1.82) is 0 Å². The molecule has 0 aliphatic heterocycles. The van der Waals surface area contributed by atoms with E-state index in [9.17, 15) is 4.79 Å². The average Bonchev–Trinajstić information content (AvgIpc) is 2.42. The third kappa shape index (κ3) is 5.46. The number of rotatable bonds is 8. The van der Waals surface area contributed by atoms with Crippen molar-refractivity contribution in [3.63, 3.8) is 0 Å². The highest BCUT2D eigenvalue weighted by Gasteiger charge is 2.06. The van der Waals surface area contributed by atoms with E-state index in [-0.39, 0.29) is 5.97 Å². The van der Waals surface area contributed by atoms with Gasteiger partial charge < -0.3 is 4.74 Å². The van der Waals surface area contributed by atoms with Gasteiger partial charge in [-0.05, 0) is 49.7 Å². The molecule has 0 saturated carbocycles. The lowest BCUT2D eigenvalue weighted by atomic mass is 9.93. The maximum Gasteiger partial charge on any atom is 0.305 e. The fraction of sp³-hybridized carbons (Fsp3) is 0.588. The number of ether oxygens (including phenoxy) is 1. The molecule has 106 valence electrons. The summed E-state index contributed by atoms with van der Waals surface area (Å²) in [7, 11) is 0. The second-order valence-electron chi connectivity index (χ2n) is 4.91. The highest BCUT2D eigenvalue weighted by atomic mass is 16.5. The molecule has 0 aliphatic rings. The lowest BCUT2D eigenvalue weighted by molar-refractivity contribution is -0.143. The first-order valence-corrected chi connectivity index (χ1v) is 7.45. The molecule has 0 saturated heterocycles. The Kier molecular flexibility index (Phi) is 7.24. The van der Waals surface area contributed by atoms with Gasteiger partial charge in [0.2, 0.25) is 0 Å². The fourth-order valence-electron chi connectivity index (χ4n) is 2.39. The van der Waals surface area contributed by atoms with E-state index >= 15 is 0 Å². The maximum absolute atomic E-state index is 11.2. The van der Waals surface area contributed by atoms with Crippen LogP contribution in [0, 0.1) is 0 Å². The first-order chi connectivity index (χ1) is 9.21. The van der Waals surface area contributed by atoms with Crippen molar-refractivity contribution in [2.45, 2.75) is 58.8 Å². The van der Waals surface area contributed by atoms with Gasteiger partial charge in [0.25, 0.3) is 0 Å². The first-order valence-electron chi connectivity index (χ1n) is 7.45. The van der Waals surface area contributed by atoms with Crippen LogP contribution in [0.15, 0.2) is 24.3 Å². The predicted octanol–water partition coefficient (Wildman–Crippen LogP) is 4.48. The van der Waals surface area contributed by atoms with Crippen LogP contribution in [0.25, 0.3) is 0 Å². The van der Waals surface area contributed by atoms with Crippen LogP contribution in [0.3, 0.4) is 0 Å². The number of carbonyl (C=O) groups is 1. The Morgan fingerprint density at radius 1 is 1.11 bits per heavy atom. The van der Waals surface area contributed by atoms with Gasteiger partial charge in [0.15, 0.2) is 0 Å². The molecule has 0 bridgehead atoms. The Hall–Kier alpha value is -1.31. The summed E-state index contributed by atoms with van der Waals surface area (Å²) < 4.78 is 4.92. The second-order valence-corrected chi connectivity index (χ2v) is 4.91. The number of hydrogen-bond acceptors (Lipinski definition) is 2. The van der Waals surface area contributed by atoms with Crippen LogP contribution >= 0.6 is 0 Å². The van der Waals surface area contributed by atoms with E-state index in [0.717, 1.165) is 12.8 Å². The SMILES string of the molecule is CCOC(=O)CCCc1ccc(C(CC)CC)cc1. The summed E-state index contributed by atoms with van der Waals surface area (Å²) in [4.78, 5) is 11.2. The van der Waals surface area contributed by atoms with E-state index in [1.165, 1.54) is 24.0 Å². The molecule has 0 radical (unpaired) electrons. The molecule has 0 spiro atoms. The minimum Gasteiger partial charge on any atom is -0.466 e. The Morgan fingerprint density at radius 2 is 1.74 bits per heavy atom. The van der Waals surface area contributed by atoms with Gasteiger partial charge in [-0.25, -0.2) is 0 Å². The van der Waals surface area contributed by atoms with E-state index < -0.39 is 0 Å². The highest BCUT2D eigenvalue weighted by molar-refractivity contribution is 5.69. The number of aryl methyl sites for hydroxylation is 1. The maximum atomic E-state index is 11.2. The summed E-state index contributed by atoms with van der Waals surface area (Å²) in [6.45, 7) is 6.79. The zero-order valence-electron chi connectivity index (χ0n) is 12.4. The normalized spacial score (nSPS) is 10.7. The van der Waals surface area contributed by atoms with Crippen molar-refractivity contribution >= 4 is 5.97 Å². The molecule has 0 N–H and O–H groups in total. The molecule has 2 heteroatoms. The number of carbonyl (C=O) groups excluding carboxylic acids is 1. The van der Waals surface area contributed by atoms with Gasteiger partial charge in [0.1, 0.15) is 0 Å². The predicted molar refractivity (Wildman–Crippen MR) is 79.3 cm³/mol. The molecule has 0 amide bonds. The summed E-state index contributed by atoms with van der Waals surface area (Å²) in [6, 6.07) is 8.85. The molecule has 1 rings (SSSR count). The minimum atomic E-state index is -0.0869. The van der Waals surface area contributed by atoms with E-state index in [1.54, 1.807) is 0 Å². The van der Waals surface area contributed by atoms with Crippen molar-refractivity contribution in [2.24, 2.45) is 0 Å². The molecule has 0 fully saturated rings. The Labute approximate surface area is 117 Å². The van der Waals surface area contributed by atoms with Crippen LogP contribution in [0.2, 0.25) is 0 Å². The third-order valence-electron chi connectivity index (χ3n) is 3.59. The molecular weight excluding hydrogens is 236 g/mol. The monoisotopic (exact) mass is 262 g/mol. The van der Waals surface area contributed by atoms with Gasteiger partial charge in [-0.3, -0.25) is 4.79 Å². The largest absolute Gasteiger partial charge is 0.466 e.